The van der Waals surface area contributed by atoms with Crippen molar-refractivity contribution in [3.05, 3.63) is 58.7 Å². The number of aromatic hydroxyl groups is 2. The van der Waals surface area contributed by atoms with Gasteiger partial charge < -0.3 is 10.2 Å². The minimum Gasteiger partial charge on any atom is -0.508 e. The monoisotopic (exact) mass is 380 g/mol. The van der Waals surface area contributed by atoms with Gasteiger partial charge in [0.1, 0.15) is 11.5 Å². The summed E-state index contributed by atoms with van der Waals surface area (Å²) in [6, 6.07) is 12.5. The van der Waals surface area contributed by atoms with Crippen LogP contribution < -0.4 is 0 Å². The van der Waals surface area contributed by atoms with Crippen molar-refractivity contribution < 1.29 is 10.2 Å². The third kappa shape index (κ3) is 4.06. The molecule has 0 unspecified atom stereocenters. The number of phenols is 2. The maximum atomic E-state index is 10.4. The summed E-state index contributed by atoms with van der Waals surface area (Å²) in [4.78, 5) is 0. The first kappa shape index (κ1) is 20.8. The van der Waals surface area contributed by atoms with Crippen molar-refractivity contribution in [1.29, 1.82) is 0 Å². The first-order chi connectivity index (χ1) is 13.3. The fraction of sp³-hybridized carbons (Fsp3) is 0.538. The second-order valence-electron chi connectivity index (χ2n) is 9.21. The highest BCUT2D eigenvalue weighted by atomic mass is 16.3. The smallest absolute Gasteiger partial charge is 0.119 e. The molecule has 1 aliphatic rings. The quantitative estimate of drug-likeness (QED) is 0.581. The molecule has 3 rings (SSSR count). The molecule has 2 aromatic rings. The maximum Gasteiger partial charge on any atom is 0.119 e. The molecule has 2 nitrogen and oxygen atoms in total. The van der Waals surface area contributed by atoms with E-state index in [9.17, 15) is 10.2 Å². The molecule has 0 saturated heterocycles. The summed E-state index contributed by atoms with van der Waals surface area (Å²) in [6.45, 7) is 8.56. The Balaban J connectivity index is 2.19. The summed E-state index contributed by atoms with van der Waals surface area (Å²) in [5.41, 5.74) is 4.64. The van der Waals surface area contributed by atoms with Gasteiger partial charge >= 0.3 is 0 Å². The van der Waals surface area contributed by atoms with Crippen LogP contribution in [0.4, 0.5) is 0 Å². The first-order valence-corrected chi connectivity index (χ1v) is 11.0. The van der Waals surface area contributed by atoms with E-state index in [1.54, 1.807) is 0 Å². The van der Waals surface area contributed by atoms with Gasteiger partial charge in [0, 0.05) is 5.41 Å². The van der Waals surface area contributed by atoms with Gasteiger partial charge in [-0.1, -0.05) is 84.1 Å². The standard InChI is InChI=1S/C26H36O2/c1-18(2)22-16-20(10-12-24(22)27)26(14-8-6-5-7-9-15-26)21-11-13-25(28)23(17-21)19(3)4/h10-13,16-19,27-28H,5-9,14-15H2,1-4H3. The predicted octanol–water partition coefficient (Wildman–Crippen LogP) is 7.38. The molecule has 2 N–H and O–H groups in total. The van der Waals surface area contributed by atoms with Crippen molar-refractivity contribution in [2.24, 2.45) is 0 Å². The number of hydrogen-bond donors (Lipinski definition) is 2. The zero-order chi connectivity index (χ0) is 20.3. The van der Waals surface area contributed by atoms with E-state index >= 15 is 0 Å². The minimum absolute atomic E-state index is 0.0465. The summed E-state index contributed by atoms with van der Waals surface area (Å²) in [5.74, 6) is 1.37. The average Bonchev–Trinajstić information content (AvgIpc) is 2.63. The van der Waals surface area contributed by atoms with Crippen molar-refractivity contribution in [2.45, 2.75) is 89.9 Å². The molecule has 0 aromatic heterocycles. The number of rotatable bonds is 4. The molecule has 1 aliphatic carbocycles. The Hall–Kier alpha value is -1.96. The summed E-state index contributed by atoms with van der Waals surface area (Å²) in [6.07, 6.45) is 8.58. The van der Waals surface area contributed by atoms with Gasteiger partial charge in [0.25, 0.3) is 0 Å². The van der Waals surface area contributed by atoms with Crippen molar-refractivity contribution in [3.8, 4) is 11.5 Å². The van der Waals surface area contributed by atoms with Crippen LogP contribution in [0.5, 0.6) is 11.5 Å². The lowest BCUT2D eigenvalue weighted by Crippen LogP contribution is -2.29. The van der Waals surface area contributed by atoms with Gasteiger partial charge in [0.15, 0.2) is 0 Å². The fourth-order valence-electron chi connectivity index (χ4n) is 4.88. The molecule has 2 heteroatoms. The van der Waals surface area contributed by atoms with Crippen LogP contribution in [0.15, 0.2) is 36.4 Å². The molecule has 0 atom stereocenters. The molecule has 0 radical (unpaired) electrons. The minimum atomic E-state index is -0.0465. The van der Waals surface area contributed by atoms with Crippen LogP contribution in [0.1, 0.15) is 107 Å². The molecule has 0 amide bonds. The zero-order valence-corrected chi connectivity index (χ0v) is 18.0. The van der Waals surface area contributed by atoms with E-state index in [0.29, 0.717) is 11.5 Å². The molecule has 152 valence electrons. The van der Waals surface area contributed by atoms with Crippen molar-refractivity contribution in [3.63, 3.8) is 0 Å². The lowest BCUT2D eigenvalue weighted by molar-refractivity contribution is 0.364. The third-order valence-corrected chi connectivity index (χ3v) is 6.61. The van der Waals surface area contributed by atoms with Gasteiger partial charge in [0.2, 0.25) is 0 Å². The van der Waals surface area contributed by atoms with Gasteiger partial charge in [-0.15, -0.1) is 0 Å². The Bertz CT molecular complexity index is 737. The van der Waals surface area contributed by atoms with Gasteiger partial charge in [-0.05, 0) is 59.1 Å². The lowest BCUT2D eigenvalue weighted by Gasteiger charge is -2.38. The summed E-state index contributed by atoms with van der Waals surface area (Å²) < 4.78 is 0. The zero-order valence-electron chi connectivity index (χ0n) is 18.0. The molecule has 28 heavy (non-hydrogen) atoms. The summed E-state index contributed by atoms with van der Waals surface area (Å²) in [7, 11) is 0. The maximum absolute atomic E-state index is 10.4. The normalized spacial score (nSPS) is 17.5. The van der Waals surface area contributed by atoms with Crippen molar-refractivity contribution in [1.82, 2.24) is 0 Å². The van der Waals surface area contributed by atoms with Gasteiger partial charge in [-0.2, -0.15) is 0 Å². The fourth-order valence-corrected chi connectivity index (χ4v) is 4.88. The van der Waals surface area contributed by atoms with Crippen LogP contribution in [0, 0.1) is 0 Å². The number of benzene rings is 2. The molecule has 2 aromatic carbocycles. The SMILES string of the molecule is CC(C)c1cc(C2(c3ccc(O)c(C(C)C)c3)CCCCCCC2)ccc1O. The molecular weight excluding hydrogens is 344 g/mol. The average molecular weight is 381 g/mol. The Kier molecular flexibility index (Phi) is 6.37. The van der Waals surface area contributed by atoms with Crippen molar-refractivity contribution in [2.75, 3.05) is 0 Å². The van der Waals surface area contributed by atoms with Crippen LogP contribution in [0.3, 0.4) is 0 Å². The third-order valence-electron chi connectivity index (χ3n) is 6.61. The summed E-state index contributed by atoms with van der Waals surface area (Å²) in [5, 5.41) is 20.8. The van der Waals surface area contributed by atoms with E-state index in [0.717, 1.165) is 24.0 Å². The molecule has 1 saturated carbocycles. The predicted molar refractivity (Wildman–Crippen MR) is 117 cm³/mol. The van der Waals surface area contributed by atoms with Crippen LogP contribution in [0.2, 0.25) is 0 Å². The Morgan fingerprint density at radius 3 is 1.43 bits per heavy atom. The first-order valence-electron chi connectivity index (χ1n) is 11.0. The lowest BCUT2D eigenvalue weighted by atomic mass is 9.66. The largest absolute Gasteiger partial charge is 0.508 e. The molecule has 0 bridgehead atoms. The molecule has 0 heterocycles. The highest BCUT2D eigenvalue weighted by molar-refractivity contribution is 5.49. The van der Waals surface area contributed by atoms with Crippen molar-refractivity contribution >= 4 is 0 Å². The Morgan fingerprint density at radius 2 is 1.04 bits per heavy atom. The number of phenolic OH excluding ortho intramolecular Hbond substituents is 2. The summed E-state index contributed by atoms with van der Waals surface area (Å²) >= 11 is 0. The second-order valence-corrected chi connectivity index (χ2v) is 9.21. The van der Waals surface area contributed by atoms with Crippen LogP contribution >= 0.6 is 0 Å². The van der Waals surface area contributed by atoms with E-state index in [1.165, 1.54) is 43.2 Å². The Labute approximate surface area is 170 Å². The van der Waals surface area contributed by atoms with Gasteiger partial charge in [-0.3, -0.25) is 0 Å². The topological polar surface area (TPSA) is 40.5 Å². The van der Waals surface area contributed by atoms with Crippen LogP contribution in [-0.2, 0) is 5.41 Å². The van der Waals surface area contributed by atoms with Crippen LogP contribution in [-0.4, -0.2) is 10.2 Å². The van der Waals surface area contributed by atoms with E-state index in [-0.39, 0.29) is 17.3 Å². The highest BCUT2D eigenvalue weighted by Gasteiger charge is 2.35. The van der Waals surface area contributed by atoms with Crippen LogP contribution in [0.25, 0.3) is 0 Å². The van der Waals surface area contributed by atoms with Gasteiger partial charge in [-0.25, -0.2) is 0 Å². The molecular formula is C26H36O2. The second kappa shape index (κ2) is 8.59. The van der Waals surface area contributed by atoms with Gasteiger partial charge in [0.05, 0.1) is 0 Å². The van der Waals surface area contributed by atoms with E-state index in [1.807, 2.05) is 12.1 Å². The molecule has 1 fully saturated rings. The number of hydrogen-bond acceptors (Lipinski definition) is 2. The molecule has 0 aliphatic heterocycles. The molecule has 0 spiro atoms. The highest BCUT2D eigenvalue weighted by Crippen LogP contribution is 2.46. The van der Waals surface area contributed by atoms with E-state index in [4.69, 9.17) is 0 Å². The Morgan fingerprint density at radius 1 is 0.643 bits per heavy atom. The van der Waals surface area contributed by atoms with E-state index in [2.05, 4.69) is 52.0 Å². The van der Waals surface area contributed by atoms with E-state index < -0.39 is 0 Å².